The summed E-state index contributed by atoms with van der Waals surface area (Å²) in [7, 11) is 0. The number of rotatable bonds is 79. The van der Waals surface area contributed by atoms with Gasteiger partial charge >= 0.3 is 0 Å². The van der Waals surface area contributed by atoms with E-state index in [1.54, 1.807) is 6.08 Å². The first-order chi connectivity index (χ1) is 52.1. The maximum atomic E-state index is 13.4. The van der Waals surface area contributed by atoms with Crippen LogP contribution in [-0.4, -0.2) is 140 Å². The molecule has 9 N–H and O–H groups in total. The number of hydrogen-bond donors (Lipinski definition) is 9. The second kappa shape index (κ2) is 75.6. The largest absolute Gasteiger partial charge is 0.394 e. The van der Waals surface area contributed by atoms with Crippen LogP contribution in [0.25, 0.3) is 0 Å². The first-order valence-corrected chi connectivity index (χ1v) is 45.9. The second-order valence-electron chi connectivity index (χ2n) is 32.4. The molecule has 2 saturated heterocycles. The van der Waals surface area contributed by atoms with Gasteiger partial charge in [0.15, 0.2) is 12.6 Å². The fraction of sp³-hybridized carbons (Fsp3) is 0.902. The zero-order chi connectivity index (χ0) is 76.5. The molecule has 0 saturated carbocycles. The standard InChI is InChI=1S/C92H173NO13/c1-3-5-7-9-11-13-15-17-19-21-23-25-27-29-31-33-35-36-37-38-39-40-41-42-43-44-46-48-50-52-54-56-58-60-62-64-66-68-70-72-74-76-84(97)93-80(79-103-91-89(102)87(100)90(83(78-95)105-91)106-92-88(101)86(99)85(98)82(77-94)104-92)81(96)75-73-71-69-67-65-63-61-59-57-55-53-51-49-47-45-34-32-30-28-26-24-22-20-18-16-14-12-10-8-6-4-2/h21,23,57,59,65,67,73,75,80-83,85-92,94-96,98-102H,3-20,22,24-56,58,60-64,66,68-72,74,76-79H2,1-2H3,(H,93,97)/b23-21-,59-57+,67-65+,75-73+. The number of nitrogens with one attached hydrogen (secondary N) is 1. The summed E-state index contributed by atoms with van der Waals surface area (Å²) in [5.74, 6) is -0.244. The van der Waals surface area contributed by atoms with Crippen molar-refractivity contribution in [2.24, 2.45) is 0 Å². The number of aliphatic hydroxyl groups is 8. The van der Waals surface area contributed by atoms with Gasteiger partial charge in [-0.3, -0.25) is 4.79 Å². The lowest BCUT2D eigenvalue weighted by Gasteiger charge is -2.46. The Hall–Kier alpha value is -2.05. The number of hydrogen-bond acceptors (Lipinski definition) is 13. The average molecular weight is 1500 g/mol. The number of carbonyl (C=O) groups is 1. The summed E-state index contributed by atoms with van der Waals surface area (Å²) >= 11 is 0. The zero-order valence-corrected chi connectivity index (χ0v) is 69.0. The van der Waals surface area contributed by atoms with Gasteiger partial charge in [0, 0.05) is 6.42 Å². The van der Waals surface area contributed by atoms with Crippen molar-refractivity contribution in [2.45, 2.75) is 511 Å². The molecule has 2 fully saturated rings. The van der Waals surface area contributed by atoms with Crippen molar-refractivity contribution < 1.29 is 64.6 Å². The van der Waals surface area contributed by atoms with E-state index in [9.17, 15) is 45.6 Å². The number of carbonyl (C=O) groups excluding carboxylic acids is 1. The van der Waals surface area contributed by atoms with Crippen LogP contribution in [0, 0.1) is 0 Å². The number of allylic oxidation sites excluding steroid dienone is 7. The predicted molar refractivity (Wildman–Crippen MR) is 443 cm³/mol. The third kappa shape index (κ3) is 57.0. The third-order valence-corrected chi connectivity index (χ3v) is 22.5. The van der Waals surface area contributed by atoms with Crippen molar-refractivity contribution >= 4 is 5.91 Å². The monoisotopic (exact) mass is 1500 g/mol. The molecule has 0 aromatic heterocycles. The Morgan fingerprint density at radius 2 is 0.604 bits per heavy atom. The predicted octanol–water partition coefficient (Wildman–Crippen LogP) is 22.5. The smallest absolute Gasteiger partial charge is 0.220 e. The van der Waals surface area contributed by atoms with E-state index in [2.05, 4.69) is 55.6 Å². The Kier molecular flexibility index (Phi) is 71.4. The molecule has 106 heavy (non-hydrogen) atoms. The summed E-state index contributed by atoms with van der Waals surface area (Å²) in [6, 6.07) is -0.940. The average Bonchev–Trinajstić information content (AvgIpc) is 0.790. The first kappa shape index (κ1) is 100. The van der Waals surface area contributed by atoms with E-state index in [1.807, 2.05) is 6.08 Å². The van der Waals surface area contributed by atoms with E-state index in [0.29, 0.717) is 12.8 Å². The topological polar surface area (TPSA) is 228 Å². The Labute approximate surface area is 652 Å². The Balaban J connectivity index is 1.56. The molecular formula is C92H173NO13. The Morgan fingerprint density at radius 3 is 0.925 bits per heavy atom. The van der Waals surface area contributed by atoms with Crippen molar-refractivity contribution in [1.82, 2.24) is 5.32 Å². The lowest BCUT2D eigenvalue weighted by Crippen LogP contribution is -2.65. The Morgan fingerprint density at radius 1 is 0.330 bits per heavy atom. The fourth-order valence-corrected chi connectivity index (χ4v) is 15.3. The van der Waals surface area contributed by atoms with Gasteiger partial charge in [-0.1, -0.05) is 409 Å². The molecule has 0 radical (unpaired) electrons. The van der Waals surface area contributed by atoms with Crippen molar-refractivity contribution in [1.29, 1.82) is 0 Å². The van der Waals surface area contributed by atoms with Crippen molar-refractivity contribution in [3.8, 4) is 0 Å². The quantitative estimate of drug-likeness (QED) is 0.0204. The van der Waals surface area contributed by atoms with E-state index in [-0.39, 0.29) is 18.9 Å². The molecule has 0 aromatic rings. The van der Waals surface area contributed by atoms with Gasteiger partial charge in [0.05, 0.1) is 32.0 Å². The molecule has 1 amide bonds. The van der Waals surface area contributed by atoms with Crippen LogP contribution in [0.1, 0.15) is 438 Å². The first-order valence-electron chi connectivity index (χ1n) is 45.9. The maximum Gasteiger partial charge on any atom is 0.220 e. The summed E-state index contributed by atoms with van der Waals surface area (Å²) < 4.78 is 22.9. The van der Waals surface area contributed by atoms with Crippen molar-refractivity contribution in [3.63, 3.8) is 0 Å². The van der Waals surface area contributed by atoms with Gasteiger partial charge in [0.2, 0.25) is 5.91 Å². The molecule has 0 aliphatic carbocycles. The minimum absolute atomic E-state index is 0.244. The lowest BCUT2D eigenvalue weighted by atomic mass is 9.97. The van der Waals surface area contributed by atoms with E-state index in [0.717, 1.165) is 44.9 Å². The molecule has 2 rings (SSSR count). The molecule has 14 heteroatoms. The van der Waals surface area contributed by atoms with Crippen LogP contribution in [0.4, 0.5) is 0 Å². The molecule has 2 heterocycles. The van der Waals surface area contributed by atoms with Gasteiger partial charge in [-0.25, -0.2) is 0 Å². The van der Waals surface area contributed by atoms with Crippen LogP contribution in [-0.2, 0) is 23.7 Å². The Bertz CT molecular complexity index is 1970. The summed E-state index contributed by atoms with van der Waals surface area (Å²) in [6.45, 7) is 2.85. The van der Waals surface area contributed by atoms with E-state index in [1.165, 1.54) is 360 Å². The third-order valence-electron chi connectivity index (χ3n) is 22.5. The van der Waals surface area contributed by atoms with E-state index >= 15 is 0 Å². The number of amides is 1. The van der Waals surface area contributed by atoms with Crippen LogP contribution in [0.2, 0.25) is 0 Å². The molecule has 0 aromatic carbocycles. The van der Waals surface area contributed by atoms with Gasteiger partial charge < -0.3 is 65.1 Å². The van der Waals surface area contributed by atoms with Gasteiger partial charge in [-0.2, -0.15) is 0 Å². The normalized spacial score (nSPS) is 21.5. The van der Waals surface area contributed by atoms with Crippen LogP contribution < -0.4 is 5.32 Å². The second-order valence-corrected chi connectivity index (χ2v) is 32.4. The highest BCUT2D eigenvalue weighted by molar-refractivity contribution is 5.76. The molecule has 12 atom stereocenters. The zero-order valence-electron chi connectivity index (χ0n) is 69.0. The van der Waals surface area contributed by atoms with E-state index in [4.69, 9.17) is 18.9 Å². The molecule has 0 spiro atoms. The van der Waals surface area contributed by atoms with Gasteiger partial charge in [0.25, 0.3) is 0 Å². The SMILES string of the molecule is CCCCCCCCCC/C=C\CCCCCCCCCCCCCCCCCCCCCCCCCCCCCCCC(=O)NC(COC1OC(CO)C(OC2OC(CO)C(O)C(O)C2O)C(O)C1O)C(O)/C=C/CC/C=C/CC/C=C/CCCCCCCCCCCCCCCCCCCCCCC. The highest BCUT2D eigenvalue weighted by atomic mass is 16.7. The molecule has 2 aliphatic rings. The number of aliphatic hydroxyl groups excluding tert-OH is 8. The fourth-order valence-electron chi connectivity index (χ4n) is 15.3. The number of unbranched alkanes of at least 4 members (excludes halogenated alkanes) is 60. The molecule has 2 aliphatic heterocycles. The summed E-state index contributed by atoms with van der Waals surface area (Å²) in [5.41, 5.74) is 0. The highest BCUT2D eigenvalue weighted by Gasteiger charge is 2.51. The molecule has 0 bridgehead atoms. The van der Waals surface area contributed by atoms with Crippen LogP contribution in [0.5, 0.6) is 0 Å². The summed E-state index contributed by atoms with van der Waals surface area (Å²) in [6.07, 6.45) is 86.8. The molecular weight excluding hydrogens is 1330 g/mol. The van der Waals surface area contributed by atoms with Gasteiger partial charge in [0.1, 0.15) is 48.8 Å². The van der Waals surface area contributed by atoms with Crippen LogP contribution in [0.3, 0.4) is 0 Å². The van der Waals surface area contributed by atoms with Crippen LogP contribution in [0.15, 0.2) is 48.6 Å². The lowest BCUT2D eigenvalue weighted by molar-refractivity contribution is -0.359. The minimum atomic E-state index is -1.79. The van der Waals surface area contributed by atoms with Crippen LogP contribution >= 0.6 is 0 Å². The van der Waals surface area contributed by atoms with E-state index < -0.39 is 86.8 Å². The molecule has 12 unspecified atom stereocenters. The van der Waals surface area contributed by atoms with Crippen molar-refractivity contribution in [3.05, 3.63) is 48.6 Å². The van der Waals surface area contributed by atoms with Gasteiger partial charge in [-0.05, 0) is 70.6 Å². The summed E-state index contributed by atoms with van der Waals surface area (Å²) in [5, 5.41) is 87.8. The van der Waals surface area contributed by atoms with Gasteiger partial charge in [-0.15, -0.1) is 0 Å². The molecule has 624 valence electrons. The van der Waals surface area contributed by atoms with Crippen molar-refractivity contribution in [2.75, 3.05) is 19.8 Å². The highest BCUT2D eigenvalue weighted by Crippen LogP contribution is 2.31. The maximum absolute atomic E-state index is 13.4. The summed E-state index contributed by atoms with van der Waals surface area (Å²) in [4.78, 5) is 13.4. The number of ether oxygens (including phenoxy) is 4. The molecule has 14 nitrogen and oxygen atoms in total. The minimum Gasteiger partial charge on any atom is -0.394 e.